The number of hydrogen-bond donors (Lipinski definition) is 0. The van der Waals surface area contributed by atoms with E-state index in [1.807, 2.05) is 54.6 Å². The van der Waals surface area contributed by atoms with E-state index < -0.39 is 0 Å². The zero-order valence-electron chi connectivity index (χ0n) is 39.0. The lowest BCUT2D eigenvalue weighted by atomic mass is 9.33. The molecule has 0 radical (unpaired) electrons. The van der Waals surface area contributed by atoms with E-state index in [4.69, 9.17) is 0 Å². The van der Waals surface area contributed by atoms with Crippen LogP contribution in [-0.2, 0) is 0 Å². The minimum atomic E-state index is -0.299. The second kappa shape index (κ2) is 16.9. The van der Waals surface area contributed by atoms with Gasteiger partial charge in [-0.3, -0.25) is 0 Å². The van der Waals surface area contributed by atoms with Gasteiger partial charge in [0.2, 0.25) is 6.71 Å². The molecular weight excluding hydrogens is 813 g/mol. The lowest BCUT2D eigenvalue weighted by molar-refractivity contribution is 0.630. The maximum atomic E-state index is 18.0. The van der Waals surface area contributed by atoms with Crippen LogP contribution in [-0.4, -0.2) is 6.71 Å². The Morgan fingerprint density at radius 1 is 0.373 bits per heavy atom. The number of para-hydroxylation sites is 1. The minimum absolute atomic E-state index is 0.00476. The van der Waals surface area contributed by atoms with Gasteiger partial charge >= 0.3 is 0 Å². The first-order valence-corrected chi connectivity index (χ1v) is 23.4. The Balaban J connectivity index is 1.23. The van der Waals surface area contributed by atoms with Gasteiger partial charge in [0.25, 0.3) is 0 Å². The number of benzene rings is 11. The van der Waals surface area contributed by atoms with Crippen LogP contribution in [0.25, 0.3) is 65.7 Å². The van der Waals surface area contributed by atoms with Crippen molar-refractivity contribution in [2.24, 2.45) is 0 Å². The SMILES string of the molecule is Cc1cc(C)c(B(c2c(C)cc(C)cc2C)c2ccc3ccc4c(N(c5ccccc5-c5ccccc5)c5c(F)cc(-c6ccccc6)cc5-c5ccccc5)ccc5ccc2c3c54)c(C)c1. The lowest BCUT2D eigenvalue weighted by Crippen LogP contribution is -2.56. The van der Waals surface area contributed by atoms with Gasteiger partial charge in [0.15, 0.2) is 0 Å². The topological polar surface area (TPSA) is 3.24 Å². The second-order valence-corrected chi connectivity index (χ2v) is 18.5. The van der Waals surface area contributed by atoms with E-state index in [0.717, 1.165) is 55.5 Å². The molecule has 0 saturated carbocycles. The van der Waals surface area contributed by atoms with E-state index in [0.29, 0.717) is 5.69 Å². The van der Waals surface area contributed by atoms with Gasteiger partial charge in [0, 0.05) is 16.5 Å². The van der Waals surface area contributed by atoms with Crippen LogP contribution in [0.3, 0.4) is 0 Å². The van der Waals surface area contributed by atoms with E-state index in [1.165, 1.54) is 71.3 Å². The highest BCUT2D eigenvalue weighted by Crippen LogP contribution is 2.50. The van der Waals surface area contributed by atoms with Crippen molar-refractivity contribution in [2.45, 2.75) is 41.5 Å². The minimum Gasteiger partial charge on any atom is -0.306 e. The molecule has 1 nitrogen and oxygen atoms in total. The number of aryl methyl sites for hydroxylation is 6. The molecule has 0 aliphatic carbocycles. The normalized spacial score (nSPS) is 11.5. The van der Waals surface area contributed by atoms with Gasteiger partial charge in [0.1, 0.15) is 5.82 Å². The summed E-state index contributed by atoms with van der Waals surface area (Å²) in [4.78, 5) is 2.20. The Kier molecular flexibility index (Phi) is 10.6. The van der Waals surface area contributed by atoms with Gasteiger partial charge in [-0.1, -0.05) is 226 Å². The molecule has 0 aliphatic heterocycles. The fraction of sp³-hybridized carbons (Fsp3) is 0.0938. The van der Waals surface area contributed by atoms with Crippen LogP contribution in [0.1, 0.15) is 33.4 Å². The predicted octanol–water partition coefficient (Wildman–Crippen LogP) is 15.6. The quantitative estimate of drug-likeness (QED) is 0.103. The molecule has 0 spiro atoms. The second-order valence-electron chi connectivity index (χ2n) is 18.5. The molecule has 0 N–H and O–H groups in total. The lowest BCUT2D eigenvalue weighted by Gasteiger charge is -2.32. The monoisotopic (exact) mass is 863 g/mol. The maximum absolute atomic E-state index is 18.0. The molecule has 11 aromatic carbocycles. The van der Waals surface area contributed by atoms with Gasteiger partial charge in [-0.15, -0.1) is 0 Å². The van der Waals surface area contributed by atoms with E-state index in [9.17, 15) is 0 Å². The largest absolute Gasteiger partial charge is 0.306 e. The fourth-order valence-corrected chi connectivity index (χ4v) is 11.4. The van der Waals surface area contributed by atoms with Crippen molar-refractivity contribution in [2.75, 3.05) is 4.90 Å². The molecule has 0 saturated heterocycles. The molecule has 0 aliphatic rings. The standard InChI is InChI=1S/C64H51BFN/c1-40-34-42(3)62(43(4)35-40)65(63-44(5)36-41(2)37-45(63)6)56-32-28-49-27-31-54-59(33-29-50-26-30-53(56)60(49)61(50)54)67(58-25-17-16-24-52(58)47-20-12-8-13-21-47)64-55(48-22-14-9-15-23-48)38-51(39-57(64)66)46-18-10-7-11-19-46/h7-39H,1-6H3. The molecule has 11 rings (SSSR count). The van der Waals surface area contributed by atoms with Crippen LogP contribution in [0.5, 0.6) is 0 Å². The zero-order valence-corrected chi connectivity index (χ0v) is 39.0. The Bertz CT molecular complexity index is 3550. The van der Waals surface area contributed by atoms with Crippen LogP contribution in [0.2, 0.25) is 0 Å². The highest BCUT2D eigenvalue weighted by Gasteiger charge is 2.32. The van der Waals surface area contributed by atoms with Crippen LogP contribution in [0.15, 0.2) is 200 Å². The average molecular weight is 864 g/mol. The number of halogens is 1. The first-order chi connectivity index (χ1) is 32.6. The molecule has 67 heavy (non-hydrogen) atoms. The first-order valence-electron chi connectivity index (χ1n) is 23.4. The molecule has 0 fully saturated rings. The Hall–Kier alpha value is -7.75. The smallest absolute Gasteiger partial charge is 0.243 e. The molecule has 0 atom stereocenters. The predicted molar refractivity (Wildman–Crippen MR) is 287 cm³/mol. The van der Waals surface area contributed by atoms with Gasteiger partial charge in [0.05, 0.1) is 17.1 Å². The Morgan fingerprint density at radius 3 is 1.42 bits per heavy atom. The highest BCUT2D eigenvalue weighted by atomic mass is 19.1. The van der Waals surface area contributed by atoms with Gasteiger partial charge in [-0.05, 0) is 115 Å². The average Bonchev–Trinajstić information content (AvgIpc) is 3.34. The molecule has 3 heteroatoms. The number of nitrogens with zero attached hydrogens (tertiary/aromatic N) is 1. The summed E-state index contributed by atoms with van der Waals surface area (Å²) >= 11 is 0. The van der Waals surface area contributed by atoms with Crippen molar-refractivity contribution >= 4 is 72.5 Å². The summed E-state index contributed by atoms with van der Waals surface area (Å²) in [6.45, 7) is 13.5. The maximum Gasteiger partial charge on any atom is 0.243 e. The first kappa shape index (κ1) is 41.9. The van der Waals surface area contributed by atoms with Crippen molar-refractivity contribution in [3.05, 3.63) is 239 Å². The van der Waals surface area contributed by atoms with Gasteiger partial charge in [-0.2, -0.15) is 0 Å². The third kappa shape index (κ3) is 7.27. The number of hydrogen-bond acceptors (Lipinski definition) is 1. The zero-order chi connectivity index (χ0) is 45.9. The third-order valence-electron chi connectivity index (χ3n) is 14.0. The number of anilines is 3. The van der Waals surface area contributed by atoms with Crippen LogP contribution in [0.4, 0.5) is 21.5 Å². The fourth-order valence-electron chi connectivity index (χ4n) is 11.4. The Labute approximate surface area is 394 Å². The molecule has 322 valence electrons. The van der Waals surface area contributed by atoms with E-state index in [1.54, 1.807) is 6.07 Å². The van der Waals surface area contributed by atoms with E-state index >= 15 is 4.39 Å². The summed E-state index contributed by atoms with van der Waals surface area (Å²) in [6, 6.07) is 70.8. The summed E-state index contributed by atoms with van der Waals surface area (Å²) in [5, 5.41) is 7.02. The molecule has 0 amide bonds. The summed E-state index contributed by atoms with van der Waals surface area (Å²) in [5.74, 6) is -0.299. The summed E-state index contributed by atoms with van der Waals surface area (Å²) in [6.07, 6.45) is 0. The molecule has 0 aromatic heterocycles. The van der Waals surface area contributed by atoms with Crippen molar-refractivity contribution in [1.29, 1.82) is 0 Å². The molecule has 0 unspecified atom stereocenters. The van der Waals surface area contributed by atoms with E-state index in [2.05, 4.69) is 186 Å². The summed E-state index contributed by atoms with van der Waals surface area (Å²) < 4.78 is 18.0. The van der Waals surface area contributed by atoms with Crippen molar-refractivity contribution in [3.63, 3.8) is 0 Å². The molecular formula is C64H51BFN. The molecule has 0 bridgehead atoms. The van der Waals surface area contributed by atoms with Gasteiger partial charge in [-0.25, -0.2) is 4.39 Å². The van der Waals surface area contributed by atoms with Crippen LogP contribution in [0, 0.1) is 47.4 Å². The third-order valence-corrected chi connectivity index (χ3v) is 14.0. The van der Waals surface area contributed by atoms with Crippen molar-refractivity contribution in [3.8, 4) is 33.4 Å². The number of rotatable bonds is 9. The van der Waals surface area contributed by atoms with Crippen LogP contribution >= 0.6 is 0 Å². The van der Waals surface area contributed by atoms with Crippen molar-refractivity contribution < 1.29 is 4.39 Å². The van der Waals surface area contributed by atoms with E-state index in [-0.39, 0.29) is 12.5 Å². The van der Waals surface area contributed by atoms with Crippen molar-refractivity contribution in [1.82, 2.24) is 0 Å². The summed E-state index contributed by atoms with van der Waals surface area (Å²) in [5.41, 5.74) is 19.7. The van der Waals surface area contributed by atoms with Gasteiger partial charge < -0.3 is 4.90 Å². The molecule has 0 heterocycles. The molecule has 11 aromatic rings. The van der Waals surface area contributed by atoms with Crippen LogP contribution < -0.4 is 21.3 Å². The summed E-state index contributed by atoms with van der Waals surface area (Å²) in [7, 11) is 0. The highest BCUT2D eigenvalue weighted by molar-refractivity contribution is 6.98. The Morgan fingerprint density at radius 2 is 0.836 bits per heavy atom.